The highest BCUT2D eigenvalue weighted by Gasteiger charge is 2.53. The number of nitrogens with zero attached hydrogens (tertiary/aromatic N) is 3. The highest BCUT2D eigenvalue weighted by atomic mass is 19.1. The number of amides is 1. The van der Waals surface area contributed by atoms with Crippen molar-refractivity contribution in [1.29, 1.82) is 0 Å². The second-order valence-corrected chi connectivity index (χ2v) is 9.71. The maximum Gasteiger partial charge on any atom is 0.354 e. The molecule has 3 aliphatic rings. The Morgan fingerprint density at radius 3 is 2.33 bits per heavy atom. The summed E-state index contributed by atoms with van der Waals surface area (Å²) in [4.78, 5) is 41.6. The topological polar surface area (TPSA) is 149 Å². The van der Waals surface area contributed by atoms with Gasteiger partial charge in [-0.25, -0.2) is 18.7 Å². The number of nitrogens with one attached hydrogen (secondary N) is 1. The van der Waals surface area contributed by atoms with Crippen molar-refractivity contribution in [3.05, 3.63) is 64.9 Å². The number of carboxylic acid groups (broad SMARTS) is 1. The van der Waals surface area contributed by atoms with Gasteiger partial charge in [0.1, 0.15) is 11.5 Å². The minimum absolute atomic E-state index is 0.0136. The summed E-state index contributed by atoms with van der Waals surface area (Å²) in [6, 6.07) is 7.60. The number of esters is 1. The van der Waals surface area contributed by atoms with Crippen molar-refractivity contribution in [2.45, 2.75) is 50.1 Å². The molecule has 1 aromatic carbocycles. The van der Waals surface area contributed by atoms with Crippen LogP contribution in [0.5, 0.6) is 0 Å². The van der Waals surface area contributed by atoms with Crippen LogP contribution < -0.4 is 11.1 Å². The lowest BCUT2D eigenvalue weighted by atomic mass is 9.57. The normalized spacial score (nSPS) is 23.9. The molecule has 36 heavy (non-hydrogen) atoms. The summed E-state index contributed by atoms with van der Waals surface area (Å²) in [5.74, 6) is -2.37. The third kappa shape index (κ3) is 3.98. The minimum Gasteiger partial charge on any atom is -0.477 e. The van der Waals surface area contributed by atoms with Crippen molar-refractivity contribution in [2.75, 3.05) is 7.11 Å². The van der Waals surface area contributed by atoms with E-state index in [-0.39, 0.29) is 23.0 Å². The van der Waals surface area contributed by atoms with Gasteiger partial charge < -0.3 is 20.9 Å². The predicted molar refractivity (Wildman–Crippen MR) is 125 cm³/mol. The Morgan fingerprint density at radius 2 is 1.75 bits per heavy atom. The molecule has 0 aliphatic heterocycles. The number of aromatic nitrogens is 3. The number of carbonyl (C=O) groups excluding carboxylic acids is 2. The number of benzene rings is 1. The zero-order valence-electron chi connectivity index (χ0n) is 19.7. The number of methoxy groups -OCH3 is 1. The van der Waals surface area contributed by atoms with E-state index < -0.39 is 34.7 Å². The quantitative estimate of drug-likeness (QED) is 0.442. The van der Waals surface area contributed by atoms with Crippen LogP contribution in [0.15, 0.2) is 36.4 Å². The van der Waals surface area contributed by atoms with Gasteiger partial charge in [0.15, 0.2) is 11.3 Å². The Balaban J connectivity index is 1.46. The van der Waals surface area contributed by atoms with Gasteiger partial charge in [-0.3, -0.25) is 9.59 Å². The molecule has 2 aromatic heterocycles. The van der Waals surface area contributed by atoms with E-state index in [1.165, 1.54) is 48.0 Å². The van der Waals surface area contributed by atoms with Crippen molar-refractivity contribution >= 4 is 23.5 Å². The molecule has 3 saturated carbocycles. The third-order valence-corrected chi connectivity index (χ3v) is 7.69. The minimum atomic E-state index is -1.28. The maximum atomic E-state index is 13.5. The number of halogens is 1. The summed E-state index contributed by atoms with van der Waals surface area (Å²) in [6.07, 6.45) is 3.70. The lowest BCUT2D eigenvalue weighted by molar-refractivity contribution is -0.160. The number of fused-ring (bicyclic) bond motifs is 4. The molecule has 1 atom stereocenters. The highest BCUT2D eigenvalue weighted by molar-refractivity contribution is 5.96. The summed E-state index contributed by atoms with van der Waals surface area (Å²) in [6.45, 7) is 0. The molecule has 3 aliphatic carbocycles. The molecule has 0 radical (unpaired) electrons. The first-order chi connectivity index (χ1) is 17.2. The molecule has 2 bridgehead atoms. The zero-order chi connectivity index (χ0) is 25.7. The molecule has 4 N–H and O–H groups in total. The molecule has 1 amide bonds. The fourth-order valence-electron chi connectivity index (χ4n) is 5.46. The van der Waals surface area contributed by atoms with Crippen molar-refractivity contribution in [1.82, 2.24) is 19.9 Å². The molecule has 188 valence electrons. The largest absolute Gasteiger partial charge is 0.477 e. The number of rotatable bonds is 6. The molecule has 6 rings (SSSR count). The second kappa shape index (κ2) is 8.66. The molecule has 10 nitrogen and oxygen atoms in total. The van der Waals surface area contributed by atoms with E-state index in [4.69, 9.17) is 10.5 Å². The van der Waals surface area contributed by atoms with Gasteiger partial charge >= 0.3 is 11.9 Å². The van der Waals surface area contributed by atoms with E-state index in [1.807, 2.05) is 0 Å². The zero-order valence-corrected chi connectivity index (χ0v) is 19.7. The van der Waals surface area contributed by atoms with Crippen molar-refractivity contribution in [2.24, 2.45) is 11.1 Å². The van der Waals surface area contributed by atoms with Crippen LogP contribution in [0.3, 0.4) is 0 Å². The maximum absolute atomic E-state index is 13.5. The van der Waals surface area contributed by atoms with Gasteiger partial charge in [0.2, 0.25) is 0 Å². The van der Waals surface area contributed by atoms with Gasteiger partial charge in [0.25, 0.3) is 5.91 Å². The van der Waals surface area contributed by atoms with Gasteiger partial charge in [-0.2, -0.15) is 5.10 Å². The van der Waals surface area contributed by atoms with Crippen LogP contribution in [0.2, 0.25) is 0 Å². The molecule has 0 spiro atoms. The Labute approximate surface area is 205 Å². The molecule has 1 unspecified atom stereocenters. The summed E-state index contributed by atoms with van der Waals surface area (Å²) >= 11 is 0. The van der Waals surface area contributed by atoms with Crippen LogP contribution in [0, 0.1) is 11.2 Å². The van der Waals surface area contributed by atoms with Gasteiger partial charge in [-0.1, -0.05) is 12.1 Å². The summed E-state index contributed by atoms with van der Waals surface area (Å²) in [7, 11) is 1.39. The smallest absolute Gasteiger partial charge is 0.354 e. The fraction of sp³-hybridized carbons (Fsp3) is 0.400. The first-order valence-corrected chi connectivity index (χ1v) is 11.7. The average molecular weight is 496 g/mol. The Morgan fingerprint density at radius 1 is 1.11 bits per heavy atom. The first-order valence-electron chi connectivity index (χ1n) is 11.7. The Hall–Kier alpha value is -3.86. The number of hydrogen-bond donors (Lipinski definition) is 3. The van der Waals surface area contributed by atoms with E-state index in [0.29, 0.717) is 49.8 Å². The van der Waals surface area contributed by atoms with Crippen molar-refractivity contribution < 1.29 is 28.6 Å². The highest BCUT2D eigenvalue weighted by Crippen LogP contribution is 2.53. The van der Waals surface area contributed by atoms with Gasteiger partial charge in [-0.15, -0.1) is 0 Å². The number of nitrogens with two attached hydrogens (primary N) is 1. The van der Waals surface area contributed by atoms with Gasteiger partial charge in [0.05, 0.1) is 24.3 Å². The number of carboxylic acids is 1. The Kier molecular flexibility index (Phi) is 5.74. The lowest BCUT2D eigenvalue weighted by Crippen LogP contribution is -2.58. The van der Waals surface area contributed by atoms with E-state index in [9.17, 15) is 23.9 Å². The van der Waals surface area contributed by atoms with E-state index >= 15 is 0 Å². The Bertz CT molecular complexity index is 1340. The van der Waals surface area contributed by atoms with E-state index in [0.717, 1.165) is 0 Å². The SMILES string of the molecule is COC(=O)C12CCC(NC(=O)c3cc(C(=O)O)nc4cc(C(N)c5ccc(F)cc5)nn34)(CC1)CC2. The summed E-state index contributed by atoms with van der Waals surface area (Å²) in [5.41, 5.74) is 6.15. The summed E-state index contributed by atoms with van der Waals surface area (Å²) < 4.78 is 19.6. The number of aromatic carboxylic acids is 1. The number of hydrogen-bond acceptors (Lipinski definition) is 7. The van der Waals surface area contributed by atoms with Gasteiger partial charge in [-0.05, 0) is 56.2 Å². The van der Waals surface area contributed by atoms with Gasteiger partial charge in [0, 0.05) is 17.7 Å². The van der Waals surface area contributed by atoms with Crippen LogP contribution in [0.25, 0.3) is 5.65 Å². The first kappa shape index (κ1) is 23.9. The molecular formula is C25H26FN5O5. The molecule has 3 fully saturated rings. The van der Waals surface area contributed by atoms with E-state index in [2.05, 4.69) is 15.4 Å². The second-order valence-electron chi connectivity index (χ2n) is 9.71. The van der Waals surface area contributed by atoms with Crippen LogP contribution in [-0.2, 0) is 9.53 Å². The molecule has 3 aromatic rings. The monoisotopic (exact) mass is 495 g/mol. The van der Waals surface area contributed by atoms with Crippen molar-refractivity contribution in [3.63, 3.8) is 0 Å². The fourth-order valence-corrected chi connectivity index (χ4v) is 5.46. The van der Waals surface area contributed by atoms with E-state index in [1.54, 1.807) is 0 Å². The summed E-state index contributed by atoms with van der Waals surface area (Å²) in [5, 5.41) is 17.1. The molecule has 0 saturated heterocycles. The van der Waals surface area contributed by atoms with Crippen molar-refractivity contribution in [3.8, 4) is 0 Å². The van der Waals surface area contributed by atoms with Crippen LogP contribution in [0.1, 0.15) is 76.8 Å². The van der Waals surface area contributed by atoms with Crippen LogP contribution in [-0.4, -0.2) is 50.2 Å². The van der Waals surface area contributed by atoms with Crippen LogP contribution >= 0.6 is 0 Å². The predicted octanol–water partition coefficient (Wildman–Crippen LogP) is 2.61. The average Bonchev–Trinajstić information content (AvgIpc) is 3.32. The molecular weight excluding hydrogens is 469 g/mol. The number of ether oxygens (including phenoxy) is 1. The third-order valence-electron chi connectivity index (χ3n) is 7.69. The molecule has 2 heterocycles. The molecule has 11 heteroatoms. The lowest BCUT2D eigenvalue weighted by Gasteiger charge is -2.51. The van der Waals surface area contributed by atoms with Crippen LogP contribution in [0.4, 0.5) is 4.39 Å². The standard InChI is InChI=1S/C25H26FN5O5/c1-36-23(35)24-6-9-25(10-7-24,11-8-24)29-21(32)18-12-17(22(33)34)28-19-13-16(30-31(18)19)20(27)14-2-4-15(26)5-3-14/h2-5,12-13,20H,6-11,27H2,1H3,(H,29,32)(H,33,34). The number of carbonyl (C=O) groups is 3.